The lowest BCUT2D eigenvalue weighted by molar-refractivity contribution is -0.136. The molecule has 0 radical (unpaired) electrons. The van der Waals surface area contributed by atoms with Gasteiger partial charge in [-0.1, -0.05) is 0 Å². The van der Waals surface area contributed by atoms with E-state index in [0.717, 1.165) is 18.2 Å². The normalized spacial score (nSPS) is 10.4. The number of esters is 1. The average molecular weight is 384 g/mol. The van der Waals surface area contributed by atoms with E-state index in [2.05, 4.69) is 0 Å². The molecular formula is C19H12O9. The number of aromatic carboxylic acids is 2. The first-order valence-corrected chi connectivity index (χ1v) is 7.81. The van der Waals surface area contributed by atoms with Gasteiger partial charge in [-0.05, 0) is 36.4 Å². The van der Waals surface area contributed by atoms with Crippen molar-refractivity contribution >= 4 is 28.9 Å². The Bertz CT molecular complexity index is 1110. The molecule has 9 nitrogen and oxygen atoms in total. The Labute approximate surface area is 156 Å². The number of rotatable bonds is 6. The molecule has 0 unspecified atom stereocenters. The van der Waals surface area contributed by atoms with Crippen LogP contribution in [0, 0.1) is 0 Å². The molecule has 3 rings (SSSR count). The lowest BCUT2D eigenvalue weighted by atomic mass is 10.1. The first kappa shape index (κ1) is 18.6. The van der Waals surface area contributed by atoms with E-state index in [1.54, 1.807) is 18.2 Å². The summed E-state index contributed by atoms with van der Waals surface area (Å²) >= 11 is 0. The molecule has 0 saturated heterocycles. The van der Waals surface area contributed by atoms with E-state index in [1.165, 1.54) is 12.1 Å². The van der Waals surface area contributed by atoms with Gasteiger partial charge in [0, 0.05) is 17.5 Å². The molecular weight excluding hydrogens is 372 g/mol. The van der Waals surface area contributed by atoms with Crippen molar-refractivity contribution in [3.8, 4) is 11.5 Å². The lowest BCUT2D eigenvalue weighted by Crippen LogP contribution is -2.18. The number of hydrogen-bond acceptors (Lipinski definition) is 7. The van der Waals surface area contributed by atoms with Gasteiger partial charge in [-0.25, -0.2) is 19.2 Å². The Balaban J connectivity index is 1.71. The highest BCUT2D eigenvalue weighted by molar-refractivity contribution is 5.94. The number of carbonyl (C=O) groups excluding carboxylic acids is 1. The topological polar surface area (TPSA) is 140 Å². The molecule has 142 valence electrons. The van der Waals surface area contributed by atoms with Crippen LogP contribution in [0.4, 0.5) is 0 Å². The molecule has 2 aromatic carbocycles. The Kier molecular flexibility index (Phi) is 5.07. The SMILES string of the molecule is O=C(COc1ccc2ccc(=O)oc2c1)Oc1cc(C(=O)O)cc(C(=O)O)c1. The van der Waals surface area contributed by atoms with Gasteiger partial charge in [-0.15, -0.1) is 0 Å². The number of carbonyl (C=O) groups is 3. The van der Waals surface area contributed by atoms with Crippen LogP contribution in [0.1, 0.15) is 20.7 Å². The van der Waals surface area contributed by atoms with Crippen LogP contribution in [0.5, 0.6) is 11.5 Å². The van der Waals surface area contributed by atoms with Gasteiger partial charge in [0.05, 0.1) is 11.1 Å². The third kappa shape index (κ3) is 4.33. The maximum absolute atomic E-state index is 12.0. The van der Waals surface area contributed by atoms with E-state index in [0.29, 0.717) is 5.39 Å². The van der Waals surface area contributed by atoms with Crippen molar-refractivity contribution < 1.29 is 38.5 Å². The molecule has 0 aliphatic rings. The average Bonchev–Trinajstić information content (AvgIpc) is 2.65. The highest BCUT2D eigenvalue weighted by Gasteiger charge is 2.15. The fraction of sp³-hybridized carbons (Fsp3) is 0.0526. The molecule has 0 fully saturated rings. The van der Waals surface area contributed by atoms with Gasteiger partial charge in [-0.2, -0.15) is 0 Å². The summed E-state index contributed by atoms with van der Waals surface area (Å²) in [6, 6.07) is 10.5. The number of carboxylic acid groups (broad SMARTS) is 2. The summed E-state index contributed by atoms with van der Waals surface area (Å²) in [5.41, 5.74) is -0.934. The number of benzene rings is 2. The number of hydrogen-bond donors (Lipinski definition) is 2. The Morgan fingerprint density at radius 1 is 0.857 bits per heavy atom. The van der Waals surface area contributed by atoms with Crippen LogP contribution in [0.15, 0.2) is 57.7 Å². The van der Waals surface area contributed by atoms with Crippen LogP contribution >= 0.6 is 0 Å². The van der Waals surface area contributed by atoms with E-state index in [9.17, 15) is 19.2 Å². The summed E-state index contributed by atoms with van der Waals surface area (Å²) in [6.45, 7) is -0.539. The molecule has 3 aromatic rings. The molecule has 9 heteroatoms. The Morgan fingerprint density at radius 2 is 1.50 bits per heavy atom. The fourth-order valence-electron chi connectivity index (χ4n) is 2.34. The van der Waals surface area contributed by atoms with Gasteiger partial charge in [0.15, 0.2) is 6.61 Å². The molecule has 0 saturated carbocycles. The second-order valence-corrected chi connectivity index (χ2v) is 5.57. The van der Waals surface area contributed by atoms with Crippen molar-refractivity contribution in [1.82, 2.24) is 0 Å². The van der Waals surface area contributed by atoms with Gasteiger partial charge < -0.3 is 24.1 Å². The monoisotopic (exact) mass is 384 g/mol. The van der Waals surface area contributed by atoms with Crippen molar-refractivity contribution in [3.63, 3.8) is 0 Å². The minimum absolute atomic E-state index is 0.240. The predicted octanol–water partition coefficient (Wildman–Crippen LogP) is 2.17. The van der Waals surface area contributed by atoms with Crippen LogP contribution in [-0.4, -0.2) is 34.7 Å². The summed E-state index contributed by atoms with van der Waals surface area (Å²) in [7, 11) is 0. The molecule has 0 spiro atoms. The van der Waals surface area contributed by atoms with Crippen LogP contribution in [0.2, 0.25) is 0 Å². The van der Waals surface area contributed by atoms with Crippen LogP contribution in [0.3, 0.4) is 0 Å². The predicted molar refractivity (Wildman–Crippen MR) is 94.0 cm³/mol. The summed E-state index contributed by atoms with van der Waals surface area (Å²) in [5, 5.41) is 18.7. The zero-order chi connectivity index (χ0) is 20.3. The highest BCUT2D eigenvalue weighted by atomic mass is 16.6. The van der Waals surface area contributed by atoms with Crippen molar-refractivity contribution in [2.45, 2.75) is 0 Å². The van der Waals surface area contributed by atoms with Crippen molar-refractivity contribution in [2.24, 2.45) is 0 Å². The summed E-state index contributed by atoms with van der Waals surface area (Å²) < 4.78 is 15.2. The smallest absolute Gasteiger partial charge is 0.349 e. The second-order valence-electron chi connectivity index (χ2n) is 5.57. The number of carboxylic acids is 2. The fourth-order valence-corrected chi connectivity index (χ4v) is 2.34. The summed E-state index contributed by atoms with van der Waals surface area (Å²) in [6.07, 6.45) is 0. The van der Waals surface area contributed by atoms with E-state index in [-0.39, 0.29) is 28.2 Å². The Hall–Kier alpha value is -4.14. The highest BCUT2D eigenvalue weighted by Crippen LogP contribution is 2.20. The van der Waals surface area contributed by atoms with E-state index < -0.39 is 30.1 Å². The summed E-state index contributed by atoms with van der Waals surface area (Å²) in [5.74, 6) is -3.61. The molecule has 1 heterocycles. The van der Waals surface area contributed by atoms with Crippen LogP contribution in [0.25, 0.3) is 11.0 Å². The van der Waals surface area contributed by atoms with E-state index >= 15 is 0 Å². The Morgan fingerprint density at radius 3 is 2.14 bits per heavy atom. The quantitative estimate of drug-likeness (QED) is 0.371. The molecule has 0 aliphatic carbocycles. The molecule has 0 amide bonds. The third-order valence-electron chi connectivity index (χ3n) is 3.58. The van der Waals surface area contributed by atoms with Crippen molar-refractivity contribution in [2.75, 3.05) is 6.61 Å². The standard InChI is InChI=1S/C19H12O9/c20-16-4-2-10-1-3-13(8-15(10)28-16)26-9-17(21)27-14-6-11(18(22)23)5-12(7-14)19(24)25/h1-8H,9H2,(H,22,23)(H,24,25). The molecule has 28 heavy (non-hydrogen) atoms. The summed E-state index contributed by atoms with van der Waals surface area (Å²) in [4.78, 5) is 45.3. The molecule has 2 N–H and O–H groups in total. The van der Waals surface area contributed by atoms with Gasteiger partial charge >= 0.3 is 23.5 Å². The third-order valence-corrected chi connectivity index (χ3v) is 3.58. The molecule has 0 aliphatic heterocycles. The molecule has 0 atom stereocenters. The van der Waals surface area contributed by atoms with Gasteiger partial charge in [0.25, 0.3) is 0 Å². The lowest BCUT2D eigenvalue weighted by Gasteiger charge is -2.08. The number of fused-ring (bicyclic) bond motifs is 1. The van der Waals surface area contributed by atoms with Gasteiger partial charge in [0.2, 0.25) is 0 Å². The minimum atomic E-state index is -1.37. The largest absolute Gasteiger partial charge is 0.482 e. The molecule has 0 bridgehead atoms. The first-order chi connectivity index (χ1) is 13.3. The van der Waals surface area contributed by atoms with E-state index in [1.807, 2.05) is 0 Å². The van der Waals surface area contributed by atoms with Crippen molar-refractivity contribution in [3.05, 3.63) is 70.1 Å². The zero-order valence-corrected chi connectivity index (χ0v) is 14.1. The minimum Gasteiger partial charge on any atom is -0.482 e. The maximum atomic E-state index is 12.0. The van der Waals surface area contributed by atoms with Gasteiger partial charge in [0.1, 0.15) is 17.1 Å². The molecule has 1 aromatic heterocycles. The number of ether oxygens (including phenoxy) is 2. The van der Waals surface area contributed by atoms with Crippen LogP contribution in [-0.2, 0) is 4.79 Å². The van der Waals surface area contributed by atoms with E-state index in [4.69, 9.17) is 24.1 Å². The van der Waals surface area contributed by atoms with Crippen molar-refractivity contribution in [1.29, 1.82) is 0 Å². The maximum Gasteiger partial charge on any atom is 0.349 e. The zero-order valence-electron chi connectivity index (χ0n) is 14.1. The first-order valence-electron chi connectivity index (χ1n) is 7.81. The van der Waals surface area contributed by atoms with Gasteiger partial charge in [-0.3, -0.25) is 0 Å². The van der Waals surface area contributed by atoms with Crippen LogP contribution < -0.4 is 15.1 Å². The second kappa shape index (κ2) is 7.62.